The Bertz CT molecular complexity index is 1080. The maximum Gasteiger partial charge on any atom is 0.233 e. The second kappa shape index (κ2) is 12.4. The fourth-order valence-electron chi connectivity index (χ4n) is 5.01. The van der Waals surface area contributed by atoms with E-state index in [1.54, 1.807) is 6.07 Å². The number of rotatable bonds is 13. The number of sulfonamides is 1. The number of aliphatic hydroxyl groups excluding tert-OH is 3. The molecule has 8 nitrogen and oxygen atoms in total. The molecule has 194 valence electrons. The van der Waals surface area contributed by atoms with E-state index in [1.807, 2.05) is 29.0 Å². The highest BCUT2D eigenvalue weighted by atomic mass is 32.2. The Labute approximate surface area is 210 Å². The van der Waals surface area contributed by atoms with Gasteiger partial charge < -0.3 is 15.3 Å². The molecule has 2 unspecified atom stereocenters. The van der Waals surface area contributed by atoms with E-state index in [0.717, 1.165) is 35.6 Å². The quantitative estimate of drug-likeness (QED) is 0.233. The van der Waals surface area contributed by atoms with E-state index in [-0.39, 0.29) is 30.5 Å². The molecule has 10 heteroatoms. The van der Waals surface area contributed by atoms with Gasteiger partial charge in [-0.3, -0.25) is 14.3 Å². The van der Waals surface area contributed by atoms with E-state index in [0.29, 0.717) is 30.6 Å². The minimum absolute atomic E-state index is 0.106. The first-order valence-corrected chi connectivity index (χ1v) is 14.8. The number of fused-ring (bicyclic) bond motifs is 1. The smallest absolute Gasteiger partial charge is 0.233 e. The van der Waals surface area contributed by atoms with Crippen molar-refractivity contribution in [1.82, 2.24) is 4.72 Å². The number of amides is 1. The summed E-state index contributed by atoms with van der Waals surface area (Å²) in [5.74, 6) is -1.11. The van der Waals surface area contributed by atoms with Crippen molar-refractivity contribution in [2.45, 2.75) is 76.1 Å². The molecule has 0 spiro atoms. The summed E-state index contributed by atoms with van der Waals surface area (Å²) < 4.78 is 25.0. The molecule has 2 aromatic rings. The summed E-state index contributed by atoms with van der Waals surface area (Å²) >= 11 is 1.36. The number of thiophene rings is 1. The first-order valence-electron chi connectivity index (χ1n) is 12.1. The average Bonchev–Trinajstić information content (AvgIpc) is 3.33. The standard InChI is InChI=1S/C25H35NO7S2/c1-35(32,33)26-24(30)11-5-3-2-4-9-17-18(21(29)15-20(17)28)12-13-19(27)25(31)23-14-16-8-6-7-10-22(16)34-23/h6-8,10,14,17-21,27-29H,2-5,9,11-13,15H2,1H3,(H,26,30)/t17?,18-,19?,20+,21-/m1/s1. The Morgan fingerprint density at radius 1 is 1.06 bits per heavy atom. The number of carbonyl (C=O) groups excluding carboxylic acids is 2. The van der Waals surface area contributed by atoms with Gasteiger partial charge in [0.25, 0.3) is 0 Å². The average molecular weight is 526 g/mol. The van der Waals surface area contributed by atoms with Crippen LogP contribution in [0.25, 0.3) is 10.1 Å². The Hall–Kier alpha value is -1.85. The maximum atomic E-state index is 12.7. The van der Waals surface area contributed by atoms with Crippen LogP contribution in [0.4, 0.5) is 0 Å². The fraction of sp³-hybridized carbons (Fsp3) is 0.600. The first-order chi connectivity index (χ1) is 16.5. The van der Waals surface area contributed by atoms with Crippen LogP contribution >= 0.6 is 11.3 Å². The minimum Gasteiger partial charge on any atom is -0.393 e. The van der Waals surface area contributed by atoms with Crippen LogP contribution in [0.3, 0.4) is 0 Å². The van der Waals surface area contributed by atoms with Crippen molar-refractivity contribution in [2.75, 3.05) is 6.26 Å². The molecule has 5 atom stereocenters. The third kappa shape index (κ3) is 8.08. The van der Waals surface area contributed by atoms with Gasteiger partial charge in [-0.05, 0) is 61.5 Å². The van der Waals surface area contributed by atoms with Crippen LogP contribution in [0.5, 0.6) is 0 Å². The number of ketones is 1. The zero-order chi connectivity index (χ0) is 25.6. The zero-order valence-corrected chi connectivity index (χ0v) is 21.6. The van der Waals surface area contributed by atoms with Crippen LogP contribution in [-0.4, -0.2) is 60.0 Å². The number of hydrogen-bond acceptors (Lipinski definition) is 8. The first kappa shape index (κ1) is 27.7. The predicted molar refractivity (Wildman–Crippen MR) is 136 cm³/mol. The number of hydrogen-bond donors (Lipinski definition) is 4. The van der Waals surface area contributed by atoms with Gasteiger partial charge in [0.2, 0.25) is 21.7 Å². The van der Waals surface area contributed by atoms with E-state index >= 15 is 0 Å². The van der Waals surface area contributed by atoms with Crippen molar-refractivity contribution < 1.29 is 33.3 Å². The second-order valence-corrected chi connectivity index (χ2v) is 12.4. The van der Waals surface area contributed by atoms with Crippen molar-refractivity contribution in [3.8, 4) is 0 Å². The third-order valence-electron chi connectivity index (χ3n) is 6.76. The summed E-state index contributed by atoms with van der Waals surface area (Å²) in [5.41, 5.74) is 0. The van der Waals surface area contributed by atoms with E-state index in [1.165, 1.54) is 11.3 Å². The molecule has 0 aliphatic heterocycles. The molecule has 1 aromatic heterocycles. The van der Waals surface area contributed by atoms with Gasteiger partial charge in [0.05, 0.1) is 23.3 Å². The molecule has 1 aromatic carbocycles. The van der Waals surface area contributed by atoms with Gasteiger partial charge in [-0.1, -0.05) is 37.5 Å². The predicted octanol–water partition coefficient (Wildman–Crippen LogP) is 3.00. The lowest BCUT2D eigenvalue weighted by Gasteiger charge is -2.24. The van der Waals surface area contributed by atoms with Gasteiger partial charge in [0, 0.05) is 11.1 Å². The van der Waals surface area contributed by atoms with E-state index in [4.69, 9.17) is 0 Å². The van der Waals surface area contributed by atoms with E-state index < -0.39 is 34.2 Å². The van der Waals surface area contributed by atoms with Gasteiger partial charge in [-0.15, -0.1) is 11.3 Å². The van der Waals surface area contributed by atoms with E-state index in [2.05, 4.69) is 0 Å². The number of nitrogens with one attached hydrogen (secondary N) is 1. The van der Waals surface area contributed by atoms with Crippen LogP contribution < -0.4 is 4.72 Å². The number of carbonyl (C=O) groups is 2. The molecule has 1 fully saturated rings. The Balaban J connectivity index is 1.43. The monoisotopic (exact) mass is 525 g/mol. The highest BCUT2D eigenvalue weighted by molar-refractivity contribution is 7.89. The van der Waals surface area contributed by atoms with Crippen LogP contribution in [-0.2, 0) is 14.8 Å². The summed E-state index contributed by atoms with van der Waals surface area (Å²) in [6.45, 7) is 0. The summed E-state index contributed by atoms with van der Waals surface area (Å²) in [7, 11) is -3.53. The van der Waals surface area contributed by atoms with Crippen molar-refractivity contribution in [3.05, 3.63) is 35.2 Å². The molecule has 3 rings (SSSR count). The Kier molecular flexibility index (Phi) is 9.83. The zero-order valence-electron chi connectivity index (χ0n) is 19.9. The second-order valence-electron chi connectivity index (χ2n) is 9.55. The lowest BCUT2D eigenvalue weighted by molar-refractivity contribution is -0.119. The number of unbranched alkanes of at least 4 members (excludes halogenated alkanes) is 3. The normalized spacial score (nSPS) is 23.4. The Morgan fingerprint density at radius 3 is 2.40 bits per heavy atom. The third-order valence-corrected chi connectivity index (χ3v) is 8.49. The van der Waals surface area contributed by atoms with Crippen molar-refractivity contribution >= 4 is 43.1 Å². The topological polar surface area (TPSA) is 141 Å². The molecule has 1 heterocycles. The molecule has 1 saturated carbocycles. The molecule has 1 amide bonds. The molecule has 0 bridgehead atoms. The maximum absolute atomic E-state index is 12.7. The molecule has 35 heavy (non-hydrogen) atoms. The SMILES string of the molecule is CS(=O)(=O)NC(=O)CCCCCCC1[C@@H](CCC(O)C(=O)c2cc3ccccc3s2)[C@H](O)C[C@@H]1O. The van der Waals surface area contributed by atoms with Crippen LogP contribution in [0.1, 0.15) is 67.5 Å². The molecule has 1 aliphatic rings. The van der Waals surface area contributed by atoms with Gasteiger partial charge in [-0.25, -0.2) is 8.42 Å². The summed E-state index contributed by atoms with van der Waals surface area (Å²) in [5, 5.41) is 32.4. The number of Topliss-reactive ketones (excluding diaryl/α,β-unsaturated/α-hetero) is 1. The molecular formula is C25H35NO7S2. The minimum atomic E-state index is -3.53. The molecule has 1 aliphatic carbocycles. The Morgan fingerprint density at radius 2 is 1.71 bits per heavy atom. The lowest BCUT2D eigenvalue weighted by Crippen LogP contribution is -2.28. The molecule has 0 radical (unpaired) electrons. The van der Waals surface area contributed by atoms with Crippen LogP contribution in [0, 0.1) is 11.8 Å². The van der Waals surface area contributed by atoms with Crippen molar-refractivity contribution in [1.29, 1.82) is 0 Å². The number of benzene rings is 1. The van der Waals surface area contributed by atoms with Gasteiger partial charge in [0.15, 0.2) is 0 Å². The lowest BCUT2D eigenvalue weighted by atomic mass is 9.84. The van der Waals surface area contributed by atoms with Crippen LogP contribution in [0.15, 0.2) is 30.3 Å². The molecule has 4 N–H and O–H groups in total. The largest absolute Gasteiger partial charge is 0.393 e. The fourth-order valence-corrected chi connectivity index (χ4v) is 6.57. The van der Waals surface area contributed by atoms with Crippen molar-refractivity contribution in [2.24, 2.45) is 11.8 Å². The summed E-state index contributed by atoms with van der Waals surface area (Å²) in [6, 6.07) is 9.48. The van der Waals surface area contributed by atoms with Crippen LogP contribution in [0.2, 0.25) is 0 Å². The number of aliphatic hydroxyl groups is 3. The highest BCUT2D eigenvalue weighted by Gasteiger charge is 2.41. The van der Waals surface area contributed by atoms with E-state index in [9.17, 15) is 33.3 Å². The summed E-state index contributed by atoms with van der Waals surface area (Å²) in [4.78, 5) is 24.8. The van der Waals surface area contributed by atoms with Crippen molar-refractivity contribution in [3.63, 3.8) is 0 Å². The van der Waals surface area contributed by atoms with Gasteiger partial charge in [0.1, 0.15) is 6.10 Å². The van der Waals surface area contributed by atoms with Gasteiger partial charge in [-0.2, -0.15) is 0 Å². The van der Waals surface area contributed by atoms with Gasteiger partial charge >= 0.3 is 0 Å². The summed E-state index contributed by atoms with van der Waals surface area (Å²) in [6.07, 6.45) is 3.31. The highest BCUT2D eigenvalue weighted by Crippen LogP contribution is 2.39. The molecular weight excluding hydrogens is 490 g/mol. The molecule has 0 saturated heterocycles.